The molecule has 21 heavy (non-hydrogen) atoms. The van der Waals surface area contributed by atoms with Gasteiger partial charge in [0.2, 0.25) is 0 Å². The Labute approximate surface area is 125 Å². The number of hydrogen-bond donors (Lipinski definition) is 1. The zero-order valence-electron chi connectivity index (χ0n) is 11.8. The molecule has 0 aromatic heterocycles. The van der Waals surface area contributed by atoms with Crippen LogP contribution in [0.2, 0.25) is 0 Å². The zero-order valence-corrected chi connectivity index (χ0v) is 11.8. The molecule has 0 bridgehead atoms. The predicted molar refractivity (Wildman–Crippen MR) is 83.9 cm³/mol. The van der Waals surface area contributed by atoms with Gasteiger partial charge in [0.25, 0.3) is 0 Å². The van der Waals surface area contributed by atoms with Crippen molar-refractivity contribution in [2.45, 2.75) is 12.0 Å². The van der Waals surface area contributed by atoms with E-state index in [9.17, 15) is 4.79 Å². The Hall–Kier alpha value is -2.39. The van der Waals surface area contributed by atoms with E-state index in [0.717, 1.165) is 11.1 Å². The first-order chi connectivity index (χ1) is 10.2. The number of ether oxygens (including phenoxy) is 1. The summed E-state index contributed by atoms with van der Waals surface area (Å²) >= 11 is 0. The van der Waals surface area contributed by atoms with Crippen LogP contribution in [0.5, 0.6) is 0 Å². The standard InChI is InChI=1S/C18H19NO2/c1-2-13-21-18(20)17(19)16(14-9-5-3-6-10-14)15-11-7-4-8-12-15/h2-12,16-17H,1,13,19H2. The topological polar surface area (TPSA) is 52.3 Å². The van der Waals surface area contributed by atoms with Gasteiger partial charge in [0.05, 0.1) is 0 Å². The summed E-state index contributed by atoms with van der Waals surface area (Å²) in [6.45, 7) is 3.70. The number of carbonyl (C=O) groups excluding carboxylic acids is 1. The highest BCUT2D eigenvalue weighted by atomic mass is 16.5. The van der Waals surface area contributed by atoms with E-state index >= 15 is 0 Å². The van der Waals surface area contributed by atoms with Crippen LogP contribution >= 0.6 is 0 Å². The van der Waals surface area contributed by atoms with E-state index in [4.69, 9.17) is 10.5 Å². The highest BCUT2D eigenvalue weighted by Gasteiger charge is 2.28. The van der Waals surface area contributed by atoms with Gasteiger partial charge in [-0.15, -0.1) is 0 Å². The molecule has 0 heterocycles. The quantitative estimate of drug-likeness (QED) is 0.654. The molecule has 3 nitrogen and oxygen atoms in total. The summed E-state index contributed by atoms with van der Waals surface area (Å²) in [5.41, 5.74) is 8.14. The fraction of sp³-hybridized carbons (Fsp3) is 0.167. The highest BCUT2D eigenvalue weighted by molar-refractivity contribution is 5.78. The first kappa shape index (κ1) is 15.0. The smallest absolute Gasteiger partial charge is 0.324 e. The van der Waals surface area contributed by atoms with Crippen molar-refractivity contribution >= 4 is 5.97 Å². The number of hydrogen-bond acceptors (Lipinski definition) is 3. The zero-order chi connectivity index (χ0) is 15.1. The molecule has 2 N–H and O–H groups in total. The van der Waals surface area contributed by atoms with E-state index in [-0.39, 0.29) is 12.5 Å². The molecular formula is C18H19NO2. The Morgan fingerprint density at radius 2 is 1.52 bits per heavy atom. The van der Waals surface area contributed by atoms with Crippen LogP contribution in [0.3, 0.4) is 0 Å². The van der Waals surface area contributed by atoms with E-state index in [1.54, 1.807) is 0 Å². The fourth-order valence-electron chi connectivity index (χ4n) is 2.30. The van der Waals surface area contributed by atoms with Gasteiger partial charge in [-0.1, -0.05) is 73.3 Å². The minimum Gasteiger partial charge on any atom is -0.460 e. The Kier molecular flexibility index (Phi) is 5.29. The van der Waals surface area contributed by atoms with Gasteiger partial charge in [0, 0.05) is 5.92 Å². The summed E-state index contributed by atoms with van der Waals surface area (Å²) in [6, 6.07) is 18.8. The number of benzene rings is 2. The Balaban J connectivity index is 2.33. The summed E-state index contributed by atoms with van der Waals surface area (Å²) in [5, 5.41) is 0. The minimum absolute atomic E-state index is 0.169. The maximum Gasteiger partial charge on any atom is 0.324 e. The molecule has 2 rings (SSSR count). The van der Waals surface area contributed by atoms with Crippen molar-refractivity contribution in [3.63, 3.8) is 0 Å². The monoisotopic (exact) mass is 281 g/mol. The molecule has 1 atom stereocenters. The van der Waals surface area contributed by atoms with Gasteiger partial charge in [0.1, 0.15) is 12.6 Å². The third-order valence-electron chi connectivity index (χ3n) is 3.29. The SMILES string of the molecule is C=CCOC(=O)C(N)C(c1ccccc1)c1ccccc1. The molecule has 0 spiro atoms. The molecule has 0 aliphatic carbocycles. The summed E-state index contributed by atoms with van der Waals surface area (Å²) in [6.07, 6.45) is 1.53. The maximum absolute atomic E-state index is 12.1. The van der Waals surface area contributed by atoms with Crippen molar-refractivity contribution in [1.29, 1.82) is 0 Å². The third kappa shape index (κ3) is 3.80. The van der Waals surface area contributed by atoms with Crippen LogP contribution in [0, 0.1) is 0 Å². The van der Waals surface area contributed by atoms with Gasteiger partial charge >= 0.3 is 5.97 Å². The van der Waals surface area contributed by atoms with Crippen molar-refractivity contribution in [3.05, 3.63) is 84.4 Å². The second kappa shape index (κ2) is 7.41. The molecule has 3 heteroatoms. The molecular weight excluding hydrogens is 262 g/mol. The van der Waals surface area contributed by atoms with Crippen LogP contribution in [-0.4, -0.2) is 18.6 Å². The van der Waals surface area contributed by atoms with Crippen LogP contribution < -0.4 is 5.73 Å². The molecule has 1 unspecified atom stereocenters. The molecule has 0 aliphatic heterocycles. The molecule has 0 aliphatic rings. The van der Waals surface area contributed by atoms with Crippen LogP contribution in [0.4, 0.5) is 0 Å². The van der Waals surface area contributed by atoms with Crippen molar-refractivity contribution in [2.24, 2.45) is 5.73 Å². The summed E-state index contributed by atoms with van der Waals surface area (Å²) in [7, 11) is 0. The molecule has 108 valence electrons. The van der Waals surface area contributed by atoms with Crippen LogP contribution in [-0.2, 0) is 9.53 Å². The average Bonchev–Trinajstić information content (AvgIpc) is 2.54. The molecule has 0 saturated carbocycles. The van der Waals surface area contributed by atoms with E-state index < -0.39 is 12.0 Å². The van der Waals surface area contributed by atoms with Crippen molar-refractivity contribution in [2.75, 3.05) is 6.61 Å². The molecule has 2 aromatic carbocycles. The number of esters is 1. The summed E-state index contributed by atoms with van der Waals surface area (Å²) < 4.78 is 5.09. The van der Waals surface area contributed by atoms with Gasteiger partial charge in [-0.3, -0.25) is 4.79 Å². The molecule has 0 radical (unpaired) electrons. The number of carbonyl (C=O) groups is 1. The summed E-state index contributed by atoms with van der Waals surface area (Å²) in [5.74, 6) is -0.655. The third-order valence-corrected chi connectivity index (χ3v) is 3.29. The predicted octanol–water partition coefficient (Wildman–Crippen LogP) is 2.88. The van der Waals surface area contributed by atoms with Crippen LogP contribution in [0.1, 0.15) is 17.0 Å². The Morgan fingerprint density at radius 3 is 1.95 bits per heavy atom. The normalized spacial score (nSPS) is 11.9. The van der Waals surface area contributed by atoms with Gasteiger partial charge < -0.3 is 10.5 Å². The van der Waals surface area contributed by atoms with E-state index in [0.29, 0.717) is 0 Å². The number of rotatable bonds is 6. The van der Waals surface area contributed by atoms with Gasteiger partial charge in [-0.2, -0.15) is 0 Å². The van der Waals surface area contributed by atoms with E-state index in [2.05, 4.69) is 6.58 Å². The second-order valence-electron chi connectivity index (χ2n) is 4.74. The van der Waals surface area contributed by atoms with E-state index in [1.165, 1.54) is 6.08 Å². The highest BCUT2D eigenvalue weighted by Crippen LogP contribution is 2.27. The van der Waals surface area contributed by atoms with Gasteiger partial charge in [-0.05, 0) is 11.1 Å². The minimum atomic E-state index is -0.755. The lowest BCUT2D eigenvalue weighted by molar-refractivity contribution is -0.144. The van der Waals surface area contributed by atoms with Crippen molar-refractivity contribution in [1.82, 2.24) is 0 Å². The average molecular weight is 281 g/mol. The number of nitrogens with two attached hydrogens (primary N) is 1. The lowest BCUT2D eigenvalue weighted by Gasteiger charge is -2.23. The molecule has 0 fully saturated rings. The van der Waals surface area contributed by atoms with Crippen LogP contribution in [0.15, 0.2) is 73.3 Å². The maximum atomic E-state index is 12.1. The summed E-state index contributed by atoms with van der Waals surface area (Å²) in [4.78, 5) is 12.1. The second-order valence-corrected chi connectivity index (χ2v) is 4.74. The van der Waals surface area contributed by atoms with Crippen molar-refractivity contribution < 1.29 is 9.53 Å². The lowest BCUT2D eigenvalue weighted by Crippen LogP contribution is -2.38. The van der Waals surface area contributed by atoms with E-state index in [1.807, 2.05) is 60.7 Å². The Morgan fingerprint density at radius 1 is 1.05 bits per heavy atom. The van der Waals surface area contributed by atoms with Crippen LogP contribution in [0.25, 0.3) is 0 Å². The van der Waals surface area contributed by atoms with Gasteiger partial charge in [0.15, 0.2) is 0 Å². The van der Waals surface area contributed by atoms with Crippen molar-refractivity contribution in [3.8, 4) is 0 Å². The molecule has 0 amide bonds. The molecule has 2 aromatic rings. The van der Waals surface area contributed by atoms with Gasteiger partial charge in [-0.25, -0.2) is 0 Å². The largest absolute Gasteiger partial charge is 0.460 e. The fourth-order valence-corrected chi connectivity index (χ4v) is 2.30. The lowest BCUT2D eigenvalue weighted by atomic mass is 9.85. The first-order valence-corrected chi connectivity index (χ1v) is 6.87. The first-order valence-electron chi connectivity index (χ1n) is 6.87. The Bertz CT molecular complexity index is 541. The molecule has 0 saturated heterocycles.